The third-order valence-electron chi connectivity index (χ3n) is 0. The zero-order chi connectivity index (χ0) is 0. The summed E-state index contributed by atoms with van der Waals surface area (Å²) in [6, 6.07) is 0. The van der Waals surface area contributed by atoms with E-state index in [0.29, 0.717) is 0 Å². The first-order chi connectivity index (χ1) is 0. The van der Waals surface area contributed by atoms with Gasteiger partial charge in [0.25, 0.3) is 0 Å². The summed E-state index contributed by atoms with van der Waals surface area (Å²) >= 11 is 0. The van der Waals surface area contributed by atoms with Crippen LogP contribution in [0.3, 0.4) is 0 Å². The smallest absolute Gasteiger partial charge is 0.693 e. The Balaban J connectivity index is 0. The van der Waals surface area contributed by atoms with E-state index in [4.69, 9.17) is 0 Å². The molecular weight excluding hydrogens is 272 g/mol. The summed E-state index contributed by atoms with van der Waals surface area (Å²) in [5.74, 6) is 0. The van der Waals surface area contributed by atoms with Crippen molar-refractivity contribution >= 4 is 0 Å². The average Bonchev–Trinajstić information content (AvgIpc) is 0. The van der Waals surface area contributed by atoms with Crippen LogP contribution in [0, 0.1) is 7.43 Å². The first-order valence-corrected chi connectivity index (χ1v) is 0. The summed E-state index contributed by atoms with van der Waals surface area (Å²) in [7, 11) is 0. The molecule has 0 aliphatic carbocycles. The van der Waals surface area contributed by atoms with E-state index in [2.05, 4.69) is 0 Å². The van der Waals surface area contributed by atoms with E-state index in [0.717, 1.165) is 0 Å². The molecule has 0 heterocycles. The van der Waals surface area contributed by atoms with E-state index in [9.17, 15) is 0 Å². The maximum absolute atomic E-state index is 0. The SMILES string of the molecule is [CH3-].[NH2-].[NH2-].[NH2-].[NH2-].[NH2-].[Os+6]. The molecule has 0 fully saturated rings. The minimum absolute atomic E-state index is 0. The van der Waals surface area contributed by atoms with Crippen molar-refractivity contribution < 1.29 is 19.8 Å². The van der Waals surface area contributed by atoms with Crippen molar-refractivity contribution in [2.24, 2.45) is 0 Å². The van der Waals surface area contributed by atoms with Crippen LogP contribution in [-0.2, 0) is 19.8 Å². The minimum atomic E-state index is 0. The second-order valence-electron chi connectivity index (χ2n) is 0. The molecule has 0 aromatic heterocycles. The van der Waals surface area contributed by atoms with Gasteiger partial charge in [-0.25, -0.2) is 0 Å². The molecule has 0 bridgehead atoms. The molecule has 0 rings (SSSR count). The third kappa shape index (κ3) is 665. The van der Waals surface area contributed by atoms with Crippen LogP contribution in [0.15, 0.2) is 0 Å². The second-order valence-corrected chi connectivity index (χ2v) is 0. The Morgan fingerprint density at radius 2 is 0.429 bits per heavy atom. The van der Waals surface area contributed by atoms with Crippen molar-refractivity contribution in [1.29, 1.82) is 0 Å². The van der Waals surface area contributed by atoms with Crippen molar-refractivity contribution in [2.75, 3.05) is 0 Å². The van der Waals surface area contributed by atoms with Crippen LogP contribution in [0.25, 0.3) is 30.8 Å². The fourth-order valence-electron chi connectivity index (χ4n) is 0. The van der Waals surface area contributed by atoms with Gasteiger partial charge >= 0.3 is 19.8 Å². The van der Waals surface area contributed by atoms with Gasteiger partial charge in [0, 0.05) is 0 Å². The topological polar surface area (TPSA) is 168 Å². The van der Waals surface area contributed by atoms with Crippen molar-refractivity contribution in [2.45, 2.75) is 0 Å². The molecule has 0 aliphatic rings. The van der Waals surface area contributed by atoms with E-state index in [1.807, 2.05) is 0 Å². The van der Waals surface area contributed by atoms with Gasteiger partial charge in [0.05, 0.1) is 0 Å². The van der Waals surface area contributed by atoms with Crippen molar-refractivity contribution in [3.63, 3.8) is 0 Å². The number of hydrogen-bond donors (Lipinski definition) is 0. The average molecular weight is 285 g/mol. The quantitative estimate of drug-likeness (QED) is 0.586. The Morgan fingerprint density at radius 3 is 0.429 bits per heavy atom. The van der Waals surface area contributed by atoms with E-state index >= 15 is 0 Å². The van der Waals surface area contributed by atoms with E-state index in [-0.39, 0.29) is 58.0 Å². The Bertz CT molecular complexity index is 8.04. The summed E-state index contributed by atoms with van der Waals surface area (Å²) in [5.41, 5.74) is 0. The predicted octanol–water partition coefficient (Wildman–Crippen LogP) is 4.03. The molecule has 50 valence electrons. The summed E-state index contributed by atoms with van der Waals surface area (Å²) in [6.07, 6.45) is 0. The van der Waals surface area contributed by atoms with Crippen LogP contribution in [0.5, 0.6) is 0 Å². The van der Waals surface area contributed by atoms with Crippen molar-refractivity contribution in [1.82, 2.24) is 0 Å². The minimum Gasteiger partial charge on any atom is -0.693 e. The van der Waals surface area contributed by atoms with Gasteiger partial charge in [0.1, 0.15) is 0 Å². The zero-order valence-electron chi connectivity index (χ0n) is 4.24. The summed E-state index contributed by atoms with van der Waals surface area (Å²) in [4.78, 5) is 0. The molecule has 0 saturated carbocycles. The second kappa shape index (κ2) is 999. The van der Waals surface area contributed by atoms with Gasteiger partial charge in [0.15, 0.2) is 0 Å². The molecule has 5 nitrogen and oxygen atoms in total. The van der Waals surface area contributed by atoms with Gasteiger partial charge in [-0.3, -0.25) is 0 Å². The molecule has 0 unspecified atom stereocenters. The van der Waals surface area contributed by atoms with Crippen LogP contribution in [0.1, 0.15) is 0 Å². The number of rotatable bonds is 0. The van der Waals surface area contributed by atoms with Crippen LogP contribution >= 0.6 is 0 Å². The molecule has 0 aromatic rings. The third-order valence-corrected chi connectivity index (χ3v) is 0. The molecule has 0 saturated heterocycles. The molecule has 6 heteroatoms. The van der Waals surface area contributed by atoms with E-state index < -0.39 is 0 Å². The van der Waals surface area contributed by atoms with Gasteiger partial charge in [-0.05, 0) is 0 Å². The first-order valence-electron chi connectivity index (χ1n) is 0. The zero-order valence-corrected chi connectivity index (χ0v) is 6.78. The Labute approximate surface area is 58.6 Å². The van der Waals surface area contributed by atoms with Crippen LogP contribution in [0.4, 0.5) is 0 Å². The molecule has 0 spiro atoms. The van der Waals surface area contributed by atoms with E-state index in [1.165, 1.54) is 0 Å². The summed E-state index contributed by atoms with van der Waals surface area (Å²) < 4.78 is 0. The standard InChI is InChI=1S/CH3.5H2N.Os/h1H3;5*1H2;/q6*-1;+6. The molecule has 0 atom stereocenters. The van der Waals surface area contributed by atoms with Crippen molar-refractivity contribution in [3.05, 3.63) is 38.2 Å². The van der Waals surface area contributed by atoms with Crippen LogP contribution in [0.2, 0.25) is 0 Å². The monoisotopic (exact) mass is 287 g/mol. The molecular formula is CH13N5Os. The molecule has 0 amide bonds. The fraction of sp³-hybridized carbons (Fsp3) is 0. The Hall–Kier alpha value is 0.436. The van der Waals surface area contributed by atoms with Gasteiger partial charge in [-0.15, -0.1) is 0 Å². The van der Waals surface area contributed by atoms with Crippen LogP contribution < -0.4 is 0 Å². The molecule has 7 heavy (non-hydrogen) atoms. The molecule has 10 N–H and O–H groups in total. The van der Waals surface area contributed by atoms with Gasteiger partial charge in [-0.2, -0.15) is 0 Å². The predicted molar refractivity (Wildman–Crippen MR) is 32.8 cm³/mol. The molecule has 0 radical (unpaired) electrons. The molecule has 0 aliphatic heterocycles. The Morgan fingerprint density at radius 1 is 0.429 bits per heavy atom. The fourth-order valence-corrected chi connectivity index (χ4v) is 0. The van der Waals surface area contributed by atoms with Gasteiger partial charge in [-0.1, -0.05) is 0 Å². The largest absolute Gasteiger partial charge is 6.00 e. The van der Waals surface area contributed by atoms with Gasteiger partial charge in [0.2, 0.25) is 0 Å². The van der Waals surface area contributed by atoms with E-state index in [1.54, 1.807) is 0 Å². The van der Waals surface area contributed by atoms with Gasteiger partial charge < -0.3 is 38.2 Å². The van der Waals surface area contributed by atoms with Crippen LogP contribution in [-0.4, -0.2) is 0 Å². The number of nitrogens with two attached hydrogens (primary N) is 5. The maximum atomic E-state index is 0. The maximum Gasteiger partial charge on any atom is 6.00 e. The summed E-state index contributed by atoms with van der Waals surface area (Å²) in [5, 5.41) is 0. The first kappa shape index (κ1) is 1620. The summed E-state index contributed by atoms with van der Waals surface area (Å²) in [6.45, 7) is 0. The Kier molecular flexibility index (Phi) is 231000. The number of hydrogen-bond acceptors (Lipinski definition) is 0. The normalized spacial score (nSPS) is 0. The molecule has 0 aromatic carbocycles. The van der Waals surface area contributed by atoms with Crippen molar-refractivity contribution in [3.8, 4) is 0 Å².